The fourth-order valence-electron chi connectivity index (χ4n) is 1.72. The monoisotopic (exact) mass is 310 g/mol. The van der Waals surface area contributed by atoms with E-state index in [0.29, 0.717) is 29.3 Å². The van der Waals surface area contributed by atoms with Crippen LogP contribution in [0.4, 0.5) is 0 Å². The first kappa shape index (κ1) is 17.5. The Balaban J connectivity index is 2.92. The number of carbonyl (C=O) groups is 1. The Kier molecular flexibility index (Phi) is 7.80. The normalized spacial score (nSPS) is 9.90. The van der Waals surface area contributed by atoms with Crippen LogP contribution in [-0.2, 0) is 4.74 Å². The van der Waals surface area contributed by atoms with Crippen molar-refractivity contribution >= 4 is 17.5 Å². The van der Waals surface area contributed by atoms with Gasteiger partial charge in [-0.3, -0.25) is 4.79 Å². The molecule has 0 unspecified atom stereocenters. The minimum Gasteiger partial charge on any atom is -0.395 e. The van der Waals surface area contributed by atoms with Gasteiger partial charge in [-0.2, -0.15) is 0 Å². The zero-order valence-corrected chi connectivity index (χ0v) is 12.7. The molecular formula is C15H19ClN2O3. The van der Waals surface area contributed by atoms with E-state index in [1.54, 1.807) is 25.3 Å². The van der Waals surface area contributed by atoms with E-state index in [-0.39, 0.29) is 25.6 Å². The zero-order valence-electron chi connectivity index (χ0n) is 11.9. The second kappa shape index (κ2) is 9.37. The van der Waals surface area contributed by atoms with Gasteiger partial charge in [0.25, 0.3) is 5.91 Å². The summed E-state index contributed by atoms with van der Waals surface area (Å²) in [4.78, 5) is 13.9. The lowest BCUT2D eigenvalue weighted by Crippen LogP contribution is -2.36. The first-order chi connectivity index (χ1) is 10.1. The Labute approximate surface area is 129 Å². The average molecular weight is 311 g/mol. The molecule has 6 heteroatoms. The molecule has 1 amide bonds. The lowest BCUT2D eigenvalue weighted by Gasteiger charge is -2.21. The molecule has 0 aliphatic carbocycles. The molecule has 0 heterocycles. The summed E-state index contributed by atoms with van der Waals surface area (Å²) in [6, 6.07) is 4.92. The number of hydrogen-bond donors (Lipinski definition) is 2. The standard InChI is InChI=1S/C15H19ClN2O3/c1-21-10-8-18(7-9-19)15(20)13-5-4-12(3-2-6-17)14(16)11-13/h4-5,11,19H,6-10,17H2,1H3. The Morgan fingerprint density at radius 2 is 2.24 bits per heavy atom. The number of aliphatic hydroxyl groups is 1. The largest absolute Gasteiger partial charge is 0.395 e. The molecule has 3 N–H and O–H groups in total. The van der Waals surface area contributed by atoms with Gasteiger partial charge in [-0.1, -0.05) is 23.4 Å². The molecule has 114 valence electrons. The van der Waals surface area contributed by atoms with E-state index in [1.165, 1.54) is 4.90 Å². The van der Waals surface area contributed by atoms with Gasteiger partial charge in [0, 0.05) is 31.3 Å². The summed E-state index contributed by atoms with van der Waals surface area (Å²) in [5, 5.41) is 9.44. The molecule has 0 spiro atoms. The van der Waals surface area contributed by atoms with E-state index in [2.05, 4.69) is 11.8 Å². The van der Waals surface area contributed by atoms with Gasteiger partial charge in [-0.05, 0) is 18.2 Å². The zero-order chi connectivity index (χ0) is 15.7. The molecular weight excluding hydrogens is 292 g/mol. The molecule has 0 saturated heterocycles. The highest BCUT2D eigenvalue weighted by molar-refractivity contribution is 6.32. The van der Waals surface area contributed by atoms with Crippen LogP contribution < -0.4 is 5.73 Å². The number of ether oxygens (including phenoxy) is 1. The molecule has 0 fully saturated rings. The topological polar surface area (TPSA) is 75.8 Å². The Bertz CT molecular complexity index is 537. The van der Waals surface area contributed by atoms with Crippen LogP contribution in [0, 0.1) is 11.8 Å². The second-order valence-electron chi connectivity index (χ2n) is 4.21. The number of nitrogens with zero attached hydrogens (tertiary/aromatic N) is 1. The van der Waals surface area contributed by atoms with Crippen LogP contribution in [0.15, 0.2) is 18.2 Å². The van der Waals surface area contributed by atoms with Crippen LogP contribution in [0.1, 0.15) is 15.9 Å². The van der Waals surface area contributed by atoms with Crippen molar-refractivity contribution in [3.05, 3.63) is 34.3 Å². The van der Waals surface area contributed by atoms with Gasteiger partial charge in [0.15, 0.2) is 0 Å². The molecule has 1 rings (SSSR count). The minimum absolute atomic E-state index is 0.108. The van der Waals surface area contributed by atoms with Gasteiger partial charge in [0.05, 0.1) is 24.8 Å². The Morgan fingerprint density at radius 1 is 1.48 bits per heavy atom. The van der Waals surface area contributed by atoms with Crippen molar-refractivity contribution in [3.63, 3.8) is 0 Å². The average Bonchev–Trinajstić information content (AvgIpc) is 2.49. The maximum atomic E-state index is 12.4. The molecule has 0 aromatic heterocycles. The SMILES string of the molecule is COCCN(CCO)C(=O)c1ccc(C#CCN)c(Cl)c1. The number of methoxy groups -OCH3 is 1. The molecule has 1 aromatic carbocycles. The number of rotatable bonds is 6. The number of amides is 1. The molecule has 0 aliphatic rings. The fourth-order valence-corrected chi connectivity index (χ4v) is 1.94. The maximum absolute atomic E-state index is 12.4. The van der Waals surface area contributed by atoms with Crippen LogP contribution in [0.25, 0.3) is 0 Å². The van der Waals surface area contributed by atoms with Gasteiger partial charge >= 0.3 is 0 Å². The number of hydrogen-bond acceptors (Lipinski definition) is 4. The van der Waals surface area contributed by atoms with E-state index in [1.807, 2.05) is 0 Å². The van der Waals surface area contributed by atoms with Gasteiger partial charge < -0.3 is 20.5 Å². The van der Waals surface area contributed by atoms with Crippen LogP contribution in [0.3, 0.4) is 0 Å². The molecule has 0 saturated carbocycles. The van der Waals surface area contributed by atoms with Gasteiger partial charge in [-0.25, -0.2) is 0 Å². The van der Waals surface area contributed by atoms with Crippen LogP contribution >= 0.6 is 11.6 Å². The van der Waals surface area contributed by atoms with E-state index >= 15 is 0 Å². The third kappa shape index (κ3) is 5.37. The fraction of sp³-hybridized carbons (Fsp3) is 0.400. The lowest BCUT2D eigenvalue weighted by molar-refractivity contribution is 0.0656. The predicted molar refractivity (Wildman–Crippen MR) is 82.2 cm³/mol. The van der Waals surface area contributed by atoms with Crippen molar-refractivity contribution in [1.29, 1.82) is 0 Å². The molecule has 0 bridgehead atoms. The Morgan fingerprint density at radius 3 is 2.81 bits per heavy atom. The van der Waals surface area contributed by atoms with Crippen molar-refractivity contribution < 1.29 is 14.6 Å². The number of aliphatic hydroxyl groups excluding tert-OH is 1. The van der Waals surface area contributed by atoms with E-state index in [4.69, 9.17) is 27.2 Å². The maximum Gasteiger partial charge on any atom is 0.254 e. The second-order valence-corrected chi connectivity index (χ2v) is 4.62. The highest BCUT2D eigenvalue weighted by atomic mass is 35.5. The van der Waals surface area contributed by atoms with E-state index < -0.39 is 0 Å². The molecule has 0 aliphatic heterocycles. The summed E-state index contributed by atoms with van der Waals surface area (Å²) in [6.45, 7) is 1.19. The van der Waals surface area contributed by atoms with Crippen molar-refractivity contribution in [3.8, 4) is 11.8 Å². The van der Waals surface area contributed by atoms with Crippen LogP contribution in [0.5, 0.6) is 0 Å². The predicted octanol–water partition coefficient (Wildman–Crippen LogP) is 0.731. The number of halogens is 1. The first-order valence-corrected chi connectivity index (χ1v) is 6.89. The van der Waals surface area contributed by atoms with Crippen molar-refractivity contribution in [2.45, 2.75) is 0 Å². The van der Waals surface area contributed by atoms with Crippen molar-refractivity contribution in [2.75, 3.05) is 40.0 Å². The van der Waals surface area contributed by atoms with Gasteiger partial charge in [0.1, 0.15) is 0 Å². The van der Waals surface area contributed by atoms with E-state index in [9.17, 15) is 4.79 Å². The number of nitrogens with two attached hydrogens (primary N) is 1. The van der Waals surface area contributed by atoms with Gasteiger partial charge in [0.2, 0.25) is 0 Å². The summed E-state index contributed by atoms with van der Waals surface area (Å²) < 4.78 is 4.96. The third-order valence-electron chi connectivity index (χ3n) is 2.76. The summed E-state index contributed by atoms with van der Waals surface area (Å²) in [5.41, 5.74) is 6.39. The van der Waals surface area contributed by atoms with Gasteiger partial charge in [-0.15, -0.1) is 0 Å². The Hall–Kier alpha value is -1.58. The molecule has 0 radical (unpaired) electrons. The lowest BCUT2D eigenvalue weighted by atomic mass is 10.1. The van der Waals surface area contributed by atoms with Crippen LogP contribution in [0.2, 0.25) is 5.02 Å². The highest BCUT2D eigenvalue weighted by Crippen LogP contribution is 2.18. The third-order valence-corrected chi connectivity index (χ3v) is 3.08. The smallest absolute Gasteiger partial charge is 0.254 e. The minimum atomic E-state index is -0.207. The molecule has 5 nitrogen and oxygen atoms in total. The van der Waals surface area contributed by atoms with Crippen LogP contribution in [-0.4, -0.2) is 55.9 Å². The summed E-state index contributed by atoms with van der Waals surface area (Å²) >= 11 is 6.11. The quantitative estimate of drug-likeness (QED) is 0.760. The number of benzene rings is 1. The summed E-state index contributed by atoms with van der Waals surface area (Å²) in [7, 11) is 1.56. The highest BCUT2D eigenvalue weighted by Gasteiger charge is 2.16. The van der Waals surface area contributed by atoms with Crippen molar-refractivity contribution in [2.24, 2.45) is 5.73 Å². The van der Waals surface area contributed by atoms with E-state index in [0.717, 1.165) is 0 Å². The summed E-state index contributed by atoms with van der Waals surface area (Å²) in [6.07, 6.45) is 0. The summed E-state index contributed by atoms with van der Waals surface area (Å²) in [5.74, 6) is 5.34. The molecule has 21 heavy (non-hydrogen) atoms. The van der Waals surface area contributed by atoms with Crippen molar-refractivity contribution in [1.82, 2.24) is 4.90 Å². The molecule has 1 aromatic rings. The number of carbonyl (C=O) groups excluding carboxylic acids is 1. The molecule has 0 atom stereocenters. The first-order valence-electron chi connectivity index (χ1n) is 6.51.